The number of carbonyl (C=O) groups excluding carboxylic acids is 1. The number of hydrogen-bond donors (Lipinski definition) is 1. The first-order chi connectivity index (χ1) is 8.22. The molecular weight excluding hydrogens is 214 g/mol. The van der Waals surface area contributed by atoms with Crippen molar-refractivity contribution in [3.05, 3.63) is 18.0 Å². The van der Waals surface area contributed by atoms with E-state index < -0.39 is 0 Å². The van der Waals surface area contributed by atoms with Gasteiger partial charge in [-0.05, 0) is 43.1 Å². The Hall–Kier alpha value is -1.32. The van der Waals surface area contributed by atoms with Crippen LogP contribution in [0.4, 0.5) is 0 Å². The van der Waals surface area contributed by atoms with Gasteiger partial charge in [-0.2, -0.15) is 5.10 Å². The lowest BCUT2D eigenvalue weighted by molar-refractivity contribution is -0.125. The van der Waals surface area contributed by atoms with E-state index in [-0.39, 0.29) is 5.91 Å². The minimum absolute atomic E-state index is 0.265. The van der Waals surface area contributed by atoms with Gasteiger partial charge in [-0.1, -0.05) is 0 Å². The Morgan fingerprint density at radius 2 is 2.24 bits per heavy atom. The SMILES string of the molecule is Cn1cc(CCNC(=O)C2CC3CC3C2)cn1. The summed E-state index contributed by atoms with van der Waals surface area (Å²) in [5, 5.41) is 7.16. The van der Waals surface area contributed by atoms with Gasteiger partial charge in [-0.15, -0.1) is 0 Å². The van der Waals surface area contributed by atoms with Gasteiger partial charge < -0.3 is 5.32 Å². The Balaban J connectivity index is 1.40. The second-order valence-corrected chi connectivity index (χ2v) is 5.49. The van der Waals surface area contributed by atoms with Crippen LogP contribution in [0.2, 0.25) is 0 Å². The van der Waals surface area contributed by atoms with E-state index in [1.165, 1.54) is 12.0 Å². The molecule has 1 heterocycles. The van der Waals surface area contributed by atoms with Gasteiger partial charge in [0.2, 0.25) is 5.91 Å². The Morgan fingerprint density at radius 1 is 1.47 bits per heavy atom. The van der Waals surface area contributed by atoms with Crippen LogP contribution in [0.15, 0.2) is 12.4 Å². The summed E-state index contributed by atoms with van der Waals surface area (Å²) in [6.45, 7) is 0.732. The van der Waals surface area contributed by atoms with Crippen molar-refractivity contribution in [1.82, 2.24) is 15.1 Å². The fourth-order valence-corrected chi connectivity index (χ4v) is 3.00. The Labute approximate surface area is 101 Å². The number of nitrogens with one attached hydrogen (secondary N) is 1. The number of aromatic nitrogens is 2. The van der Waals surface area contributed by atoms with Gasteiger partial charge in [0.1, 0.15) is 0 Å². The van der Waals surface area contributed by atoms with Crippen LogP contribution in [0.25, 0.3) is 0 Å². The lowest BCUT2D eigenvalue weighted by atomic mass is 10.0. The molecule has 0 radical (unpaired) electrons. The smallest absolute Gasteiger partial charge is 0.223 e. The van der Waals surface area contributed by atoms with E-state index >= 15 is 0 Å². The first-order valence-corrected chi connectivity index (χ1v) is 6.47. The second-order valence-electron chi connectivity index (χ2n) is 5.49. The van der Waals surface area contributed by atoms with Gasteiger partial charge in [0.05, 0.1) is 6.20 Å². The van der Waals surface area contributed by atoms with Crippen LogP contribution in [-0.4, -0.2) is 22.2 Å². The molecular formula is C13H19N3O. The molecule has 2 unspecified atom stereocenters. The van der Waals surface area contributed by atoms with Gasteiger partial charge in [0.15, 0.2) is 0 Å². The summed E-state index contributed by atoms with van der Waals surface area (Å²) in [5.41, 5.74) is 1.18. The lowest BCUT2D eigenvalue weighted by Gasteiger charge is -2.11. The molecule has 1 aromatic rings. The number of amides is 1. The molecule has 4 heteroatoms. The van der Waals surface area contributed by atoms with Crippen LogP contribution < -0.4 is 5.32 Å². The van der Waals surface area contributed by atoms with Crippen molar-refractivity contribution in [2.24, 2.45) is 24.8 Å². The van der Waals surface area contributed by atoms with Crippen LogP contribution >= 0.6 is 0 Å². The first kappa shape index (κ1) is 10.8. The predicted molar refractivity (Wildman–Crippen MR) is 64.2 cm³/mol. The highest BCUT2D eigenvalue weighted by atomic mass is 16.1. The highest BCUT2D eigenvalue weighted by Gasteiger charge is 2.47. The normalized spacial score (nSPS) is 30.1. The van der Waals surface area contributed by atoms with E-state index in [1.54, 1.807) is 4.68 Å². The van der Waals surface area contributed by atoms with Gasteiger partial charge >= 0.3 is 0 Å². The average Bonchev–Trinajstić information content (AvgIpc) is 2.74. The quantitative estimate of drug-likeness (QED) is 0.847. The average molecular weight is 233 g/mol. The summed E-state index contributed by atoms with van der Waals surface area (Å²) in [4.78, 5) is 11.9. The lowest BCUT2D eigenvalue weighted by Crippen LogP contribution is -2.31. The number of rotatable bonds is 4. The molecule has 2 saturated carbocycles. The maximum atomic E-state index is 11.9. The summed E-state index contributed by atoms with van der Waals surface area (Å²) in [7, 11) is 1.91. The van der Waals surface area contributed by atoms with E-state index in [2.05, 4.69) is 10.4 Å². The third-order valence-electron chi connectivity index (χ3n) is 4.09. The second kappa shape index (κ2) is 4.17. The van der Waals surface area contributed by atoms with Crippen molar-refractivity contribution in [2.75, 3.05) is 6.54 Å². The van der Waals surface area contributed by atoms with Gasteiger partial charge in [-0.3, -0.25) is 9.48 Å². The number of fused-ring (bicyclic) bond motifs is 1. The van der Waals surface area contributed by atoms with E-state index in [0.29, 0.717) is 5.92 Å². The zero-order valence-electron chi connectivity index (χ0n) is 10.2. The monoisotopic (exact) mass is 233 g/mol. The Kier molecular flexibility index (Phi) is 2.65. The molecule has 0 spiro atoms. The highest BCUT2D eigenvalue weighted by Crippen LogP contribution is 2.54. The standard InChI is InChI=1S/C13H19N3O/c1-16-8-9(7-15-16)2-3-14-13(17)12-5-10-4-11(10)6-12/h7-8,10-12H,2-6H2,1H3,(H,14,17). The van der Waals surface area contributed by atoms with Crippen molar-refractivity contribution in [3.8, 4) is 0 Å². The van der Waals surface area contributed by atoms with Crippen LogP contribution in [0.3, 0.4) is 0 Å². The predicted octanol–water partition coefficient (Wildman–Crippen LogP) is 1.12. The molecule has 1 N–H and O–H groups in total. The topological polar surface area (TPSA) is 46.9 Å². The third kappa shape index (κ3) is 2.35. The summed E-state index contributed by atoms with van der Waals surface area (Å²) in [5.74, 6) is 2.32. The molecule has 2 aliphatic carbocycles. The van der Waals surface area contributed by atoms with E-state index in [0.717, 1.165) is 37.6 Å². The van der Waals surface area contributed by atoms with E-state index in [4.69, 9.17) is 0 Å². The van der Waals surface area contributed by atoms with E-state index in [9.17, 15) is 4.79 Å². The summed E-state index contributed by atoms with van der Waals surface area (Å²) in [6.07, 6.45) is 8.36. The van der Waals surface area contributed by atoms with Gasteiger partial charge in [0, 0.05) is 25.7 Å². The van der Waals surface area contributed by atoms with Crippen molar-refractivity contribution in [1.29, 1.82) is 0 Å². The molecule has 0 aliphatic heterocycles. The van der Waals surface area contributed by atoms with Crippen LogP contribution in [0, 0.1) is 17.8 Å². The van der Waals surface area contributed by atoms with Crippen molar-refractivity contribution >= 4 is 5.91 Å². The van der Waals surface area contributed by atoms with Crippen LogP contribution in [0.5, 0.6) is 0 Å². The molecule has 2 fully saturated rings. The number of carbonyl (C=O) groups is 1. The summed E-state index contributed by atoms with van der Waals surface area (Å²) < 4.78 is 1.79. The van der Waals surface area contributed by atoms with Crippen molar-refractivity contribution in [3.63, 3.8) is 0 Å². The summed E-state index contributed by atoms with van der Waals surface area (Å²) in [6, 6.07) is 0. The molecule has 0 aromatic carbocycles. The minimum atomic E-state index is 0.265. The molecule has 2 atom stereocenters. The Bertz CT molecular complexity index is 416. The zero-order chi connectivity index (χ0) is 11.8. The maximum Gasteiger partial charge on any atom is 0.223 e. The van der Waals surface area contributed by atoms with Crippen LogP contribution in [0.1, 0.15) is 24.8 Å². The zero-order valence-corrected chi connectivity index (χ0v) is 10.2. The van der Waals surface area contributed by atoms with Crippen molar-refractivity contribution in [2.45, 2.75) is 25.7 Å². The van der Waals surface area contributed by atoms with Crippen molar-refractivity contribution < 1.29 is 4.79 Å². The van der Waals surface area contributed by atoms with E-state index in [1.807, 2.05) is 19.4 Å². The Morgan fingerprint density at radius 3 is 2.88 bits per heavy atom. The molecule has 17 heavy (non-hydrogen) atoms. The summed E-state index contributed by atoms with van der Waals surface area (Å²) >= 11 is 0. The molecule has 2 aliphatic rings. The number of hydrogen-bond acceptors (Lipinski definition) is 2. The molecule has 4 nitrogen and oxygen atoms in total. The number of nitrogens with zero attached hydrogens (tertiary/aromatic N) is 2. The molecule has 1 amide bonds. The minimum Gasteiger partial charge on any atom is -0.356 e. The largest absolute Gasteiger partial charge is 0.356 e. The van der Waals surface area contributed by atoms with Crippen LogP contribution in [-0.2, 0) is 18.3 Å². The fourth-order valence-electron chi connectivity index (χ4n) is 3.00. The fraction of sp³-hybridized carbons (Fsp3) is 0.692. The molecule has 0 bridgehead atoms. The van der Waals surface area contributed by atoms with Gasteiger partial charge in [0.25, 0.3) is 0 Å². The molecule has 1 aromatic heterocycles. The highest BCUT2D eigenvalue weighted by molar-refractivity contribution is 5.79. The molecule has 3 rings (SSSR count). The maximum absolute atomic E-state index is 11.9. The number of aryl methyl sites for hydroxylation is 1. The third-order valence-corrected chi connectivity index (χ3v) is 4.09. The first-order valence-electron chi connectivity index (χ1n) is 6.47. The van der Waals surface area contributed by atoms with Gasteiger partial charge in [-0.25, -0.2) is 0 Å². The molecule has 92 valence electrons. The molecule has 0 saturated heterocycles.